The van der Waals surface area contributed by atoms with E-state index in [1.165, 1.54) is 64.2 Å². The number of allylic oxidation sites excluding steroid dienone is 8. The summed E-state index contributed by atoms with van der Waals surface area (Å²) in [4.78, 5) is 45.9. The van der Waals surface area contributed by atoms with Crippen LogP contribution < -0.4 is 5.32 Å². The molecule has 0 rings (SSSR count). The van der Waals surface area contributed by atoms with Crippen molar-refractivity contribution in [3.63, 3.8) is 0 Å². The van der Waals surface area contributed by atoms with Crippen LogP contribution in [0, 0.1) is 0 Å². The molecule has 0 aliphatic carbocycles. The van der Waals surface area contributed by atoms with Gasteiger partial charge in [0.1, 0.15) is 12.7 Å². The zero-order chi connectivity index (χ0) is 42.1. The molecule has 0 saturated carbocycles. The SMILES string of the molecule is CC/C=C\C/C=C\C/C=C\CCCCCCCC(=O)OCC(O)COP(=O)(O)OCC(NC(=O)CCCCCCCCC/C=C\CCCCCCCCC)C(=O)O. The number of carboxylic acid groups (broad SMARTS) is 1. The number of ether oxygens (including phenoxy) is 1. The molecular weight excluding hydrogens is 745 g/mol. The predicted octanol–water partition coefficient (Wildman–Crippen LogP) is 11.4. The van der Waals surface area contributed by atoms with E-state index in [4.69, 9.17) is 13.8 Å². The maximum atomic E-state index is 12.3. The Bertz CT molecular complexity index is 1150. The lowest BCUT2D eigenvalue weighted by molar-refractivity contribution is -0.147. The number of hydrogen-bond donors (Lipinski definition) is 4. The largest absolute Gasteiger partial charge is 0.480 e. The molecule has 0 aliphatic heterocycles. The number of nitrogens with one attached hydrogen (secondary N) is 1. The number of aliphatic hydroxyl groups excluding tert-OH is 1. The highest BCUT2D eigenvalue weighted by molar-refractivity contribution is 7.47. The second kappa shape index (κ2) is 40.2. The van der Waals surface area contributed by atoms with Crippen LogP contribution in [0.1, 0.15) is 187 Å². The second-order valence-electron chi connectivity index (χ2n) is 14.9. The first-order valence-electron chi connectivity index (χ1n) is 22.2. The molecule has 0 radical (unpaired) electrons. The number of esters is 1. The number of phosphoric ester groups is 1. The minimum Gasteiger partial charge on any atom is -0.480 e. The van der Waals surface area contributed by atoms with E-state index in [0.29, 0.717) is 12.8 Å². The second-order valence-corrected chi connectivity index (χ2v) is 16.3. The topological polar surface area (TPSA) is 169 Å². The highest BCUT2D eigenvalue weighted by atomic mass is 31.2. The zero-order valence-electron chi connectivity index (χ0n) is 35.6. The van der Waals surface area contributed by atoms with Crippen LogP contribution >= 0.6 is 7.82 Å². The Hall–Kier alpha value is -2.56. The van der Waals surface area contributed by atoms with Gasteiger partial charge in [0.25, 0.3) is 0 Å². The highest BCUT2D eigenvalue weighted by Crippen LogP contribution is 2.43. The Labute approximate surface area is 345 Å². The molecule has 57 heavy (non-hydrogen) atoms. The van der Waals surface area contributed by atoms with Crippen molar-refractivity contribution in [1.82, 2.24) is 5.32 Å². The molecule has 0 fully saturated rings. The maximum absolute atomic E-state index is 12.3. The average molecular weight is 826 g/mol. The predicted molar refractivity (Wildman–Crippen MR) is 231 cm³/mol. The Balaban J connectivity index is 3.92. The van der Waals surface area contributed by atoms with Crippen molar-refractivity contribution in [1.29, 1.82) is 0 Å². The van der Waals surface area contributed by atoms with E-state index in [9.17, 15) is 34.1 Å². The van der Waals surface area contributed by atoms with Gasteiger partial charge in [-0.25, -0.2) is 9.36 Å². The number of rotatable bonds is 41. The Morgan fingerprint density at radius 3 is 1.54 bits per heavy atom. The molecule has 0 heterocycles. The summed E-state index contributed by atoms with van der Waals surface area (Å²) in [7, 11) is -4.76. The van der Waals surface area contributed by atoms with Crippen LogP contribution in [-0.4, -0.2) is 64.9 Å². The van der Waals surface area contributed by atoms with Crippen molar-refractivity contribution in [2.45, 2.75) is 199 Å². The molecule has 0 aromatic carbocycles. The summed E-state index contributed by atoms with van der Waals surface area (Å²) in [6, 6.07) is -1.55. The van der Waals surface area contributed by atoms with Crippen molar-refractivity contribution < 1.29 is 47.8 Å². The van der Waals surface area contributed by atoms with Crippen molar-refractivity contribution in [2.75, 3.05) is 19.8 Å². The van der Waals surface area contributed by atoms with Gasteiger partial charge in [-0.3, -0.25) is 18.6 Å². The van der Waals surface area contributed by atoms with Gasteiger partial charge in [-0.1, -0.05) is 152 Å². The minimum atomic E-state index is -4.76. The van der Waals surface area contributed by atoms with Crippen LogP contribution in [0.2, 0.25) is 0 Å². The van der Waals surface area contributed by atoms with Gasteiger partial charge in [0.15, 0.2) is 6.04 Å². The van der Waals surface area contributed by atoms with Crippen molar-refractivity contribution in [2.24, 2.45) is 0 Å². The lowest BCUT2D eigenvalue weighted by Gasteiger charge is -2.18. The first kappa shape index (κ1) is 54.4. The van der Waals surface area contributed by atoms with E-state index in [0.717, 1.165) is 83.5 Å². The Morgan fingerprint density at radius 2 is 1.02 bits per heavy atom. The first-order valence-corrected chi connectivity index (χ1v) is 23.7. The van der Waals surface area contributed by atoms with E-state index >= 15 is 0 Å². The van der Waals surface area contributed by atoms with Gasteiger partial charge in [-0.15, -0.1) is 0 Å². The van der Waals surface area contributed by atoms with Gasteiger partial charge >= 0.3 is 19.8 Å². The minimum absolute atomic E-state index is 0.139. The normalized spacial score (nSPS) is 14.2. The molecule has 330 valence electrons. The molecular formula is C45H80NO10P. The molecule has 0 aliphatic rings. The van der Waals surface area contributed by atoms with Gasteiger partial charge in [-0.05, 0) is 70.6 Å². The fraction of sp³-hybridized carbons (Fsp3) is 0.756. The average Bonchev–Trinajstić information content (AvgIpc) is 3.18. The lowest BCUT2D eigenvalue weighted by Crippen LogP contribution is -2.43. The summed E-state index contributed by atoms with van der Waals surface area (Å²) in [5.41, 5.74) is 0. The van der Waals surface area contributed by atoms with Crippen LogP contribution in [0.4, 0.5) is 0 Å². The van der Waals surface area contributed by atoms with Gasteiger partial charge in [0.2, 0.25) is 5.91 Å². The Morgan fingerprint density at radius 1 is 0.579 bits per heavy atom. The molecule has 0 aromatic heterocycles. The van der Waals surface area contributed by atoms with Crippen LogP contribution in [0.25, 0.3) is 0 Å². The number of carbonyl (C=O) groups excluding carboxylic acids is 2. The van der Waals surface area contributed by atoms with E-state index in [-0.39, 0.29) is 12.8 Å². The fourth-order valence-electron chi connectivity index (χ4n) is 5.91. The molecule has 3 unspecified atom stereocenters. The molecule has 0 aromatic rings. The number of aliphatic hydroxyl groups is 1. The summed E-state index contributed by atoms with van der Waals surface area (Å²) in [5, 5.41) is 21.8. The highest BCUT2D eigenvalue weighted by Gasteiger charge is 2.28. The van der Waals surface area contributed by atoms with Crippen LogP contribution in [0.5, 0.6) is 0 Å². The molecule has 0 spiro atoms. The summed E-state index contributed by atoms with van der Waals surface area (Å²) in [6.07, 6.45) is 44.2. The Kier molecular flexibility index (Phi) is 38.4. The van der Waals surface area contributed by atoms with Gasteiger partial charge in [-0.2, -0.15) is 0 Å². The molecule has 3 atom stereocenters. The monoisotopic (exact) mass is 826 g/mol. The van der Waals surface area contributed by atoms with Crippen LogP contribution in [0.15, 0.2) is 48.6 Å². The summed E-state index contributed by atoms with van der Waals surface area (Å²) < 4.78 is 26.8. The third-order valence-electron chi connectivity index (χ3n) is 9.35. The van der Waals surface area contributed by atoms with Crippen molar-refractivity contribution >= 4 is 25.7 Å². The number of aliphatic carboxylic acids is 1. The molecule has 0 saturated heterocycles. The van der Waals surface area contributed by atoms with Gasteiger partial charge < -0.3 is 25.2 Å². The third kappa shape index (κ3) is 40.0. The quantitative estimate of drug-likeness (QED) is 0.0201. The number of amides is 1. The fourth-order valence-corrected chi connectivity index (χ4v) is 6.68. The standard InChI is InChI=1S/C45H80NO10P/c1-3-5-7-9-11-13-15-17-19-20-21-23-24-26-28-30-32-34-36-43(48)46-42(45(50)51)40-56-57(52,53)55-39-41(47)38-54-44(49)37-35-33-31-29-27-25-22-18-16-14-12-10-8-6-4-2/h6,8,12,14,18-20,22,41-42,47H,3-5,7,9-11,13,15-17,21,23-40H2,1-2H3,(H,46,48)(H,50,51)(H,52,53)/b8-6-,14-12-,20-19-,22-18-. The van der Waals surface area contributed by atoms with Crippen molar-refractivity contribution in [3.8, 4) is 0 Å². The molecule has 11 nitrogen and oxygen atoms in total. The van der Waals surface area contributed by atoms with E-state index in [1.54, 1.807) is 0 Å². The van der Waals surface area contributed by atoms with Gasteiger partial charge in [0.05, 0.1) is 13.2 Å². The summed E-state index contributed by atoms with van der Waals surface area (Å²) in [5.74, 6) is -2.40. The van der Waals surface area contributed by atoms with E-state index in [2.05, 4.69) is 67.8 Å². The molecule has 12 heteroatoms. The molecule has 0 bridgehead atoms. The maximum Gasteiger partial charge on any atom is 0.472 e. The number of unbranched alkanes of at least 4 members (excludes halogenated alkanes) is 19. The number of phosphoric acid groups is 1. The first-order chi connectivity index (χ1) is 27.6. The zero-order valence-corrected chi connectivity index (χ0v) is 36.5. The summed E-state index contributed by atoms with van der Waals surface area (Å²) in [6.45, 7) is 2.46. The van der Waals surface area contributed by atoms with Crippen molar-refractivity contribution in [3.05, 3.63) is 48.6 Å². The van der Waals surface area contributed by atoms with Gasteiger partial charge in [0, 0.05) is 12.8 Å². The lowest BCUT2D eigenvalue weighted by atomic mass is 10.1. The number of carboxylic acids is 1. The number of hydrogen-bond acceptors (Lipinski definition) is 8. The molecule has 4 N–H and O–H groups in total. The third-order valence-corrected chi connectivity index (χ3v) is 10.3. The van der Waals surface area contributed by atoms with Crippen LogP contribution in [-0.2, 0) is 32.7 Å². The summed E-state index contributed by atoms with van der Waals surface area (Å²) >= 11 is 0. The van der Waals surface area contributed by atoms with E-state index < -0.39 is 57.6 Å². The van der Waals surface area contributed by atoms with Crippen LogP contribution in [0.3, 0.4) is 0 Å². The molecule has 1 amide bonds. The number of carbonyl (C=O) groups is 3. The smallest absolute Gasteiger partial charge is 0.472 e. The van der Waals surface area contributed by atoms with E-state index in [1.807, 2.05) is 0 Å².